The Hall–Kier alpha value is -1.30. The maximum atomic E-state index is 2.30. The Bertz CT molecular complexity index is 501. The van der Waals surface area contributed by atoms with E-state index in [-0.39, 0.29) is 5.41 Å². The van der Waals surface area contributed by atoms with Gasteiger partial charge in [0.05, 0.1) is 0 Å². The Kier molecular flexibility index (Phi) is 2.75. The Morgan fingerprint density at radius 1 is 0.938 bits per heavy atom. The third-order valence-corrected chi connectivity index (χ3v) is 3.15. The van der Waals surface area contributed by atoms with E-state index in [0.29, 0.717) is 0 Å². The highest BCUT2D eigenvalue weighted by atomic mass is 14.2. The van der Waals surface area contributed by atoms with Gasteiger partial charge in [0.25, 0.3) is 0 Å². The predicted octanol–water partition coefficient (Wildman–Crippen LogP) is 4.70. The summed E-state index contributed by atoms with van der Waals surface area (Å²) in [6.45, 7) is 9.13. The van der Waals surface area contributed by atoms with Gasteiger partial charge in [-0.2, -0.15) is 0 Å². The Labute approximate surface area is 98.3 Å². The van der Waals surface area contributed by atoms with E-state index < -0.39 is 0 Å². The lowest BCUT2D eigenvalue weighted by Crippen LogP contribution is -2.14. The van der Waals surface area contributed by atoms with Crippen molar-refractivity contribution in [2.75, 3.05) is 0 Å². The first-order valence-corrected chi connectivity index (χ1v) is 6.05. The zero-order valence-electron chi connectivity index (χ0n) is 10.7. The molecule has 0 saturated carbocycles. The average molecular weight is 212 g/mol. The summed E-state index contributed by atoms with van der Waals surface area (Å²) in [6, 6.07) is 13.2. The lowest BCUT2D eigenvalue weighted by atomic mass is 9.80. The van der Waals surface area contributed by atoms with Crippen LogP contribution in [0.5, 0.6) is 0 Å². The smallest absolute Gasteiger partial charge is 0.0123 e. The van der Waals surface area contributed by atoms with Crippen molar-refractivity contribution in [1.29, 1.82) is 0 Å². The second-order valence-corrected chi connectivity index (χ2v) is 5.42. The highest BCUT2D eigenvalue weighted by Crippen LogP contribution is 2.33. The highest BCUT2D eigenvalue weighted by molar-refractivity contribution is 5.87. The molecule has 2 aromatic carbocycles. The molecule has 0 heterocycles. The van der Waals surface area contributed by atoms with Crippen LogP contribution in [-0.4, -0.2) is 0 Å². The number of rotatable bonds is 1. The molecule has 0 nitrogen and oxygen atoms in total. The van der Waals surface area contributed by atoms with Crippen molar-refractivity contribution in [1.82, 2.24) is 0 Å². The van der Waals surface area contributed by atoms with Crippen LogP contribution < -0.4 is 0 Å². The molecule has 2 aromatic rings. The molecule has 0 fully saturated rings. The molecule has 0 amide bonds. The van der Waals surface area contributed by atoms with E-state index in [2.05, 4.69) is 64.1 Å². The Balaban J connectivity index is 2.84. The van der Waals surface area contributed by atoms with Gasteiger partial charge in [-0.15, -0.1) is 0 Å². The van der Waals surface area contributed by atoms with Crippen LogP contribution in [0.4, 0.5) is 0 Å². The number of fused-ring (bicyclic) bond motifs is 1. The molecule has 0 spiro atoms. The molecular weight excluding hydrogens is 192 g/mol. The van der Waals surface area contributed by atoms with Crippen LogP contribution in [0.1, 0.15) is 38.8 Å². The van der Waals surface area contributed by atoms with E-state index >= 15 is 0 Å². The van der Waals surface area contributed by atoms with Crippen molar-refractivity contribution in [3.63, 3.8) is 0 Å². The summed E-state index contributed by atoms with van der Waals surface area (Å²) in [5, 5.41) is 2.76. The van der Waals surface area contributed by atoms with Crippen molar-refractivity contribution in [2.45, 2.75) is 39.5 Å². The molecule has 0 heteroatoms. The van der Waals surface area contributed by atoms with Crippen LogP contribution in [0.2, 0.25) is 0 Å². The fourth-order valence-corrected chi connectivity index (χ4v) is 2.50. The lowest BCUT2D eigenvalue weighted by molar-refractivity contribution is 0.589. The van der Waals surface area contributed by atoms with E-state index in [4.69, 9.17) is 0 Å². The average Bonchev–Trinajstić information content (AvgIpc) is 2.26. The van der Waals surface area contributed by atoms with Gasteiger partial charge in [-0.1, -0.05) is 64.1 Å². The van der Waals surface area contributed by atoms with Crippen LogP contribution in [0.15, 0.2) is 36.4 Å². The summed E-state index contributed by atoms with van der Waals surface area (Å²) < 4.78 is 0. The van der Waals surface area contributed by atoms with Gasteiger partial charge in [-0.3, -0.25) is 0 Å². The minimum absolute atomic E-state index is 0.214. The first-order valence-electron chi connectivity index (χ1n) is 6.05. The maximum Gasteiger partial charge on any atom is -0.0123 e. The molecule has 0 unspecified atom stereocenters. The summed E-state index contributed by atoms with van der Waals surface area (Å²) >= 11 is 0. The lowest BCUT2D eigenvalue weighted by Gasteiger charge is -2.25. The Morgan fingerprint density at radius 3 is 2.25 bits per heavy atom. The van der Waals surface area contributed by atoms with Crippen LogP contribution in [-0.2, 0) is 11.8 Å². The summed E-state index contributed by atoms with van der Waals surface area (Å²) in [5.74, 6) is 0. The SMILES string of the molecule is CCc1ccc2ccccc2c1C(C)(C)C. The van der Waals surface area contributed by atoms with Crippen molar-refractivity contribution >= 4 is 10.8 Å². The quantitative estimate of drug-likeness (QED) is 0.642. The molecular formula is C16H20. The number of benzene rings is 2. The summed E-state index contributed by atoms with van der Waals surface area (Å²) in [7, 11) is 0. The zero-order chi connectivity index (χ0) is 11.8. The van der Waals surface area contributed by atoms with Crippen LogP contribution in [0.3, 0.4) is 0 Å². The fraction of sp³-hybridized carbons (Fsp3) is 0.375. The van der Waals surface area contributed by atoms with Crippen LogP contribution >= 0.6 is 0 Å². The van der Waals surface area contributed by atoms with Crippen molar-refractivity contribution in [2.24, 2.45) is 0 Å². The van der Waals surface area contributed by atoms with Gasteiger partial charge >= 0.3 is 0 Å². The standard InChI is InChI=1S/C16H20/c1-5-12-10-11-13-8-6-7-9-14(13)15(12)16(2,3)4/h6-11H,5H2,1-4H3. The number of hydrogen-bond donors (Lipinski definition) is 0. The van der Waals surface area contributed by atoms with Crippen LogP contribution in [0, 0.1) is 0 Å². The minimum Gasteiger partial charge on any atom is -0.0616 e. The van der Waals surface area contributed by atoms with Crippen molar-refractivity contribution in [3.8, 4) is 0 Å². The van der Waals surface area contributed by atoms with E-state index in [1.807, 2.05) is 0 Å². The number of aryl methyl sites for hydroxylation is 1. The highest BCUT2D eigenvalue weighted by Gasteiger charge is 2.19. The predicted molar refractivity (Wildman–Crippen MR) is 72.0 cm³/mol. The molecule has 0 aromatic heterocycles. The zero-order valence-corrected chi connectivity index (χ0v) is 10.7. The van der Waals surface area contributed by atoms with Gasteiger partial charge in [-0.25, -0.2) is 0 Å². The normalized spacial score (nSPS) is 12.0. The molecule has 0 atom stereocenters. The van der Waals surface area contributed by atoms with E-state index in [9.17, 15) is 0 Å². The van der Waals surface area contributed by atoms with Gasteiger partial charge in [0.15, 0.2) is 0 Å². The van der Waals surface area contributed by atoms with Crippen molar-refractivity contribution in [3.05, 3.63) is 47.5 Å². The van der Waals surface area contributed by atoms with Gasteiger partial charge in [0, 0.05) is 0 Å². The third kappa shape index (κ3) is 1.84. The summed E-state index contributed by atoms with van der Waals surface area (Å²) in [4.78, 5) is 0. The second kappa shape index (κ2) is 3.93. The third-order valence-electron chi connectivity index (χ3n) is 3.15. The van der Waals surface area contributed by atoms with E-state index in [1.165, 1.54) is 21.9 Å². The summed E-state index contributed by atoms with van der Waals surface area (Å²) in [6.07, 6.45) is 1.11. The number of hydrogen-bond acceptors (Lipinski definition) is 0. The molecule has 16 heavy (non-hydrogen) atoms. The molecule has 0 N–H and O–H groups in total. The fourth-order valence-electron chi connectivity index (χ4n) is 2.50. The first kappa shape index (κ1) is 11.2. The topological polar surface area (TPSA) is 0 Å². The monoisotopic (exact) mass is 212 g/mol. The second-order valence-electron chi connectivity index (χ2n) is 5.42. The summed E-state index contributed by atoms with van der Waals surface area (Å²) in [5.41, 5.74) is 3.20. The molecule has 2 rings (SSSR count). The molecule has 0 bridgehead atoms. The minimum atomic E-state index is 0.214. The largest absolute Gasteiger partial charge is 0.0616 e. The van der Waals surface area contributed by atoms with Gasteiger partial charge in [0.1, 0.15) is 0 Å². The molecule has 0 saturated heterocycles. The molecule has 0 aliphatic carbocycles. The Morgan fingerprint density at radius 2 is 1.62 bits per heavy atom. The van der Waals surface area contributed by atoms with Gasteiger partial charge in [-0.05, 0) is 33.7 Å². The first-order chi connectivity index (χ1) is 7.54. The maximum absolute atomic E-state index is 2.30. The molecule has 84 valence electrons. The van der Waals surface area contributed by atoms with Crippen LogP contribution in [0.25, 0.3) is 10.8 Å². The van der Waals surface area contributed by atoms with Crippen molar-refractivity contribution < 1.29 is 0 Å². The van der Waals surface area contributed by atoms with Gasteiger partial charge < -0.3 is 0 Å². The van der Waals surface area contributed by atoms with E-state index in [0.717, 1.165) is 6.42 Å². The molecule has 0 aliphatic rings. The van der Waals surface area contributed by atoms with Gasteiger partial charge in [0.2, 0.25) is 0 Å². The molecule has 0 radical (unpaired) electrons. The molecule has 0 aliphatic heterocycles. The van der Waals surface area contributed by atoms with E-state index in [1.54, 1.807) is 0 Å².